The SMILES string of the molecule is CCc1ccc2oc(=O)cc(CNC(=O)C3CC3)c2c1. The van der Waals surface area contributed by atoms with Gasteiger partial charge in [0.25, 0.3) is 0 Å². The molecular formula is C16H17NO3. The summed E-state index contributed by atoms with van der Waals surface area (Å²) in [6, 6.07) is 7.27. The fourth-order valence-corrected chi connectivity index (χ4v) is 2.31. The molecule has 3 rings (SSSR count). The molecule has 1 saturated carbocycles. The van der Waals surface area contributed by atoms with E-state index in [1.807, 2.05) is 18.2 Å². The Morgan fingerprint density at radius 3 is 2.85 bits per heavy atom. The first-order valence-corrected chi connectivity index (χ1v) is 7.00. The molecule has 2 aromatic rings. The number of rotatable bonds is 4. The van der Waals surface area contributed by atoms with E-state index < -0.39 is 0 Å². The number of hydrogen-bond acceptors (Lipinski definition) is 3. The van der Waals surface area contributed by atoms with Crippen molar-refractivity contribution < 1.29 is 9.21 Å². The van der Waals surface area contributed by atoms with Crippen molar-refractivity contribution in [1.82, 2.24) is 5.32 Å². The first kappa shape index (κ1) is 12.9. The van der Waals surface area contributed by atoms with Crippen molar-refractivity contribution in [2.24, 2.45) is 5.92 Å². The number of hydrogen-bond donors (Lipinski definition) is 1. The van der Waals surface area contributed by atoms with E-state index in [-0.39, 0.29) is 17.5 Å². The van der Waals surface area contributed by atoms with E-state index >= 15 is 0 Å². The van der Waals surface area contributed by atoms with Gasteiger partial charge in [-0.05, 0) is 42.5 Å². The van der Waals surface area contributed by atoms with Gasteiger partial charge < -0.3 is 9.73 Å². The minimum absolute atomic E-state index is 0.0815. The highest BCUT2D eigenvalue weighted by atomic mass is 16.4. The summed E-state index contributed by atoms with van der Waals surface area (Å²) in [6.45, 7) is 2.46. The Morgan fingerprint density at radius 2 is 2.15 bits per heavy atom. The molecule has 0 bridgehead atoms. The Bertz CT molecular complexity index is 713. The maximum absolute atomic E-state index is 11.7. The van der Waals surface area contributed by atoms with Crippen LogP contribution in [0.4, 0.5) is 0 Å². The van der Waals surface area contributed by atoms with Crippen LogP contribution >= 0.6 is 0 Å². The third-order valence-corrected chi connectivity index (χ3v) is 3.70. The number of carbonyl (C=O) groups is 1. The van der Waals surface area contributed by atoms with E-state index in [2.05, 4.69) is 12.2 Å². The predicted molar refractivity (Wildman–Crippen MR) is 76.4 cm³/mol. The fourth-order valence-electron chi connectivity index (χ4n) is 2.31. The number of nitrogens with one attached hydrogen (secondary N) is 1. The normalized spacial score (nSPS) is 14.4. The van der Waals surface area contributed by atoms with Crippen LogP contribution in [0.1, 0.15) is 30.9 Å². The zero-order chi connectivity index (χ0) is 14.1. The molecule has 1 fully saturated rings. The van der Waals surface area contributed by atoms with Crippen LogP contribution in [-0.2, 0) is 17.8 Å². The second kappa shape index (κ2) is 5.12. The van der Waals surface area contributed by atoms with Crippen molar-refractivity contribution in [3.8, 4) is 0 Å². The van der Waals surface area contributed by atoms with Crippen LogP contribution in [0.3, 0.4) is 0 Å². The predicted octanol–water partition coefficient (Wildman–Crippen LogP) is 2.38. The van der Waals surface area contributed by atoms with E-state index in [4.69, 9.17) is 4.42 Å². The molecule has 0 spiro atoms. The van der Waals surface area contributed by atoms with Gasteiger partial charge in [-0.15, -0.1) is 0 Å². The minimum atomic E-state index is -0.377. The molecular weight excluding hydrogens is 254 g/mol. The van der Waals surface area contributed by atoms with Crippen LogP contribution in [0.25, 0.3) is 11.0 Å². The lowest BCUT2D eigenvalue weighted by molar-refractivity contribution is -0.122. The van der Waals surface area contributed by atoms with E-state index in [1.54, 1.807) is 0 Å². The summed E-state index contributed by atoms with van der Waals surface area (Å²) in [6.07, 6.45) is 2.87. The lowest BCUT2D eigenvalue weighted by atomic mass is 10.1. The van der Waals surface area contributed by atoms with E-state index in [9.17, 15) is 9.59 Å². The van der Waals surface area contributed by atoms with Crippen LogP contribution in [0, 0.1) is 5.92 Å². The molecule has 0 aliphatic heterocycles. The highest BCUT2D eigenvalue weighted by molar-refractivity contribution is 5.83. The summed E-state index contributed by atoms with van der Waals surface area (Å²) in [5.74, 6) is 0.255. The van der Waals surface area contributed by atoms with Gasteiger partial charge in [-0.25, -0.2) is 4.79 Å². The van der Waals surface area contributed by atoms with E-state index in [0.717, 1.165) is 30.2 Å². The second-order valence-electron chi connectivity index (χ2n) is 5.27. The lowest BCUT2D eigenvalue weighted by Crippen LogP contribution is -2.24. The highest BCUT2D eigenvalue weighted by Gasteiger charge is 2.29. The van der Waals surface area contributed by atoms with Crippen LogP contribution in [-0.4, -0.2) is 5.91 Å². The Balaban J connectivity index is 1.94. The fraction of sp³-hybridized carbons (Fsp3) is 0.375. The average Bonchev–Trinajstić information content (AvgIpc) is 3.28. The lowest BCUT2D eigenvalue weighted by Gasteiger charge is -2.08. The Kier molecular flexibility index (Phi) is 3.30. The van der Waals surface area contributed by atoms with Gasteiger partial charge in [0.2, 0.25) is 5.91 Å². The first-order valence-electron chi connectivity index (χ1n) is 7.00. The van der Waals surface area contributed by atoms with Crippen LogP contribution < -0.4 is 10.9 Å². The molecule has 1 amide bonds. The monoisotopic (exact) mass is 271 g/mol. The zero-order valence-electron chi connectivity index (χ0n) is 11.4. The van der Waals surface area contributed by atoms with Crippen molar-refractivity contribution in [2.75, 3.05) is 0 Å². The molecule has 1 aliphatic rings. The summed E-state index contributed by atoms with van der Waals surface area (Å²) in [5.41, 5.74) is 2.20. The molecule has 0 unspecified atom stereocenters. The standard InChI is InChI=1S/C16H17NO3/c1-2-10-3-6-14-13(7-10)12(8-15(18)20-14)9-17-16(19)11-4-5-11/h3,6-8,11H,2,4-5,9H2,1H3,(H,17,19). The second-order valence-corrected chi connectivity index (χ2v) is 5.27. The molecule has 4 heteroatoms. The number of fused-ring (bicyclic) bond motifs is 1. The van der Waals surface area contributed by atoms with Crippen LogP contribution in [0.5, 0.6) is 0 Å². The van der Waals surface area contributed by atoms with Crippen molar-refractivity contribution in [3.05, 3.63) is 45.8 Å². The van der Waals surface area contributed by atoms with Crippen molar-refractivity contribution >= 4 is 16.9 Å². The van der Waals surface area contributed by atoms with Gasteiger partial charge in [0, 0.05) is 23.9 Å². The molecule has 1 heterocycles. The van der Waals surface area contributed by atoms with Gasteiger partial charge >= 0.3 is 5.63 Å². The van der Waals surface area contributed by atoms with Gasteiger partial charge in [0.15, 0.2) is 0 Å². The van der Waals surface area contributed by atoms with Crippen molar-refractivity contribution in [1.29, 1.82) is 0 Å². The average molecular weight is 271 g/mol. The maximum Gasteiger partial charge on any atom is 0.336 e. The number of aryl methyl sites for hydroxylation is 1. The number of amides is 1. The zero-order valence-corrected chi connectivity index (χ0v) is 11.4. The third kappa shape index (κ3) is 2.59. The molecule has 1 N–H and O–H groups in total. The number of benzene rings is 1. The highest BCUT2D eigenvalue weighted by Crippen LogP contribution is 2.29. The van der Waals surface area contributed by atoms with Crippen LogP contribution in [0.15, 0.2) is 33.5 Å². The summed E-state index contributed by atoms with van der Waals surface area (Å²) < 4.78 is 5.20. The van der Waals surface area contributed by atoms with Crippen LogP contribution in [0.2, 0.25) is 0 Å². The van der Waals surface area contributed by atoms with Gasteiger partial charge in [-0.2, -0.15) is 0 Å². The molecule has 1 aromatic carbocycles. The van der Waals surface area contributed by atoms with Gasteiger partial charge in [-0.3, -0.25) is 4.79 Å². The smallest absolute Gasteiger partial charge is 0.336 e. The van der Waals surface area contributed by atoms with Crippen molar-refractivity contribution in [3.63, 3.8) is 0 Å². The largest absolute Gasteiger partial charge is 0.423 e. The van der Waals surface area contributed by atoms with E-state index in [1.165, 1.54) is 11.6 Å². The van der Waals surface area contributed by atoms with Gasteiger partial charge in [0.1, 0.15) is 5.58 Å². The summed E-state index contributed by atoms with van der Waals surface area (Å²) >= 11 is 0. The Hall–Kier alpha value is -2.10. The first-order chi connectivity index (χ1) is 9.67. The van der Waals surface area contributed by atoms with Gasteiger partial charge in [0.05, 0.1) is 0 Å². The quantitative estimate of drug-likeness (QED) is 0.868. The molecule has 4 nitrogen and oxygen atoms in total. The summed E-state index contributed by atoms with van der Waals surface area (Å²) in [4.78, 5) is 23.3. The topological polar surface area (TPSA) is 59.3 Å². The molecule has 1 aromatic heterocycles. The third-order valence-electron chi connectivity index (χ3n) is 3.70. The van der Waals surface area contributed by atoms with Crippen molar-refractivity contribution in [2.45, 2.75) is 32.7 Å². The molecule has 1 aliphatic carbocycles. The maximum atomic E-state index is 11.7. The number of carbonyl (C=O) groups excluding carboxylic acids is 1. The summed E-state index contributed by atoms with van der Waals surface area (Å²) in [5, 5.41) is 3.80. The Labute approximate surface area is 116 Å². The molecule has 0 radical (unpaired) electrons. The molecule has 0 saturated heterocycles. The summed E-state index contributed by atoms with van der Waals surface area (Å²) in [7, 11) is 0. The van der Waals surface area contributed by atoms with Gasteiger partial charge in [-0.1, -0.05) is 13.0 Å². The van der Waals surface area contributed by atoms with E-state index in [0.29, 0.717) is 12.1 Å². The minimum Gasteiger partial charge on any atom is -0.423 e. The molecule has 0 atom stereocenters. The molecule has 20 heavy (non-hydrogen) atoms. The Morgan fingerprint density at radius 1 is 1.35 bits per heavy atom. The molecule has 104 valence electrons.